The minimum Gasteiger partial charge on any atom is -0.488 e. The topological polar surface area (TPSA) is 25.4 Å². The highest BCUT2D eigenvalue weighted by atomic mass is 16.5. The van der Waals surface area contributed by atoms with Crippen molar-refractivity contribution in [2.75, 3.05) is 24.6 Å². The molecule has 2 rings (SSSR count). The van der Waals surface area contributed by atoms with E-state index in [1.165, 1.54) is 0 Å². The van der Waals surface area contributed by atoms with Gasteiger partial charge in [0.25, 0.3) is 0 Å². The molecule has 1 aliphatic heterocycles. The average molecular weight is 163 g/mol. The number of aromatic nitrogens is 1. The van der Waals surface area contributed by atoms with E-state index in [4.69, 9.17) is 4.74 Å². The van der Waals surface area contributed by atoms with Crippen LogP contribution in [0.3, 0.4) is 0 Å². The zero-order valence-corrected chi connectivity index (χ0v) is 6.86. The maximum Gasteiger partial charge on any atom is 0.171 e. The van der Waals surface area contributed by atoms with Crippen LogP contribution in [0.5, 0.6) is 5.75 Å². The number of hydrogen-bond donors (Lipinski definition) is 0. The first-order chi connectivity index (χ1) is 5.92. The van der Waals surface area contributed by atoms with Crippen LogP contribution in [-0.2, 0) is 0 Å². The largest absolute Gasteiger partial charge is 0.488 e. The van der Waals surface area contributed by atoms with Crippen LogP contribution in [0.15, 0.2) is 18.3 Å². The van der Waals surface area contributed by atoms with Crippen molar-refractivity contribution in [1.82, 2.24) is 4.98 Å². The number of pyridine rings is 1. The summed E-state index contributed by atoms with van der Waals surface area (Å²) < 4.78 is 5.42. The molecule has 1 aromatic heterocycles. The number of ether oxygens (including phenoxy) is 1. The molecular weight excluding hydrogens is 152 g/mol. The Kier molecular flexibility index (Phi) is 1.86. The number of fused-ring (bicyclic) bond motifs is 1. The standard InChI is InChI=1S/C9H11N2O/c1-2-11-6-7-12-8-4-3-5-10-9(8)11/h3-5H,1-2,6-7H2. The molecule has 0 saturated heterocycles. The Labute approximate surface area is 72.0 Å². The number of rotatable bonds is 1. The lowest BCUT2D eigenvalue weighted by molar-refractivity contribution is 0.307. The van der Waals surface area contributed by atoms with Crippen LogP contribution in [0.2, 0.25) is 0 Å². The first-order valence-corrected chi connectivity index (χ1v) is 4.04. The van der Waals surface area contributed by atoms with E-state index in [0.717, 1.165) is 31.3 Å². The molecule has 0 unspecified atom stereocenters. The lowest BCUT2D eigenvalue weighted by Crippen LogP contribution is -2.33. The van der Waals surface area contributed by atoms with E-state index in [0.29, 0.717) is 0 Å². The summed E-state index contributed by atoms with van der Waals surface area (Å²) in [6, 6.07) is 3.82. The molecule has 63 valence electrons. The second-order valence-corrected chi connectivity index (χ2v) is 2.66. The van der Waals surface area contributed by atoms with Gasteiger partial charge in [-0.15, -0.1) is 0 Å². The van der Waals surface area contributed by atoms with E-state index in [1.54, 1.807) is 6.20 Å². The molecule has 3 heteroatoms. The van der Waals surface area contributed by atoms with Gasteiger partial charge in [-0.25, -0.2) is 4.98 Å². The maximum atomic E-state index is 5.42. The van der Waals surface area contributed by atoms with Crippen molar-refractivity contribution in [2.24, 2.45) is 0 Å². The van der Waals surface area contributed by atoms with Gasteiger partial charge in [0.1, 0.15) is 6.61 Å². The van der Waals surface area contributed by atoms with Gasteiger partial charge in [0.15, 0.2) is 11.6 Å². The van der Waals surface area contributed by atoms with Crippen LogP contribution in [0, 0.1) is 6.92 Å². The summed E-state index contributed by atoms with van der Waals surface area (Å²) in [5, 5.41) is 0. The Morgan fingerprint density at radius 3 is 3.42 bits per heavy atom. The molecule has 0 aliphatic carbocycles. The summed E-state index contributed by atoms with van der Waals surface area (Å²) in [4.78, 5) is 6.34. The summed E-state index contributed by atoms with van der Waals surface area (Å²) in [6.07, 6.45) is 1.77. The molecule has 1 radical (unpaired) electrons. The quantitative estimate of drug-likeness (QED) is 0.620. The van der Waals surface area contributed by atoms with E-state index in [1.807, 2.05) is 12.1 Å². The third kappa shape index (κ3) is 1.11. The fourth-order valence-electron chi connectivity index (χ4n) is 1.32. The molecule has 0 fully saturated rings. The van der Waals surface area contributed by atoms with Crippen LogP contribution in [0.25, 0.3) is 0 Å². The van der Waals surface area contributed by atoms with Gasteiger partial charge in [0, 0.05) is 12.7 Å². The van der Waals surface area contributed by atoms with Crippen molar-refractivity contribution in [3.05, 3.63) is 25.3 Å². The van der Waals surface area contributed by atoms with Crippen molar-refractivity contribution >= 4 is 5.82 Å². The molecular formula is C9H11N2O. The summed E-state index contributed by atoms with van der Waals surface area (Å²) in [5.74, 6) is 1.78. The van der Waals surface area contributed by atoms with Crippen LogP contribution in [0.1, 0.15) is 0 Å². The van der Waals surface area contributed by atoms with Gasteiger partial charge in [-0.2, -0.15) is 0 Å². The van der Waals surface area contributed by atoms with Crippen molar-refractivity contribution in [3.8, 4) is 5.75 Å². The second-order valence-electron chi connectivity index (χ2n) is 2.66. The predicted octanol–water partition coefficient (Wildman–Crippen LogP) is 1.11. The fraction of sp³-hybridized carbons (Fsp3) is 0.333. The summed E-state index contributed by atoms with van der Waals surface area (Å²) in [6.45, 7) is 6.19. The molecule has 0 saturated carbocycles. The molecule has 1 aromatic rings. The van der Waals surface area contributed by atoms with Gasteiger partial charge >= 0.3 is 0 Å². The molecule has 3 nitrogen and oxygen atoms in total. The molecule has 0 atom stereocenters. The van der Waals surface area contributed by atoms with Gasteiger partial charge in [-0.1, -0.05) is 0 Å². The smallest absolute Gasteiger partial charge is 0.171 e. The third-order valence-electron chi connectivity index (χ3n) is 1.94. The van der Waals surface area contributed by atoms with E-state index in [-0.39, 0.29) is 0 Å². The number of anilines is 1. The Morgan fingerprint density at radius 2 is 2.58 bits per heavy atom. The van der Waals surface area contributed by atoms with E-state index < -0.39 is 0 Å². The van der Waals surface area contributed by atoms with Crippen LogP contribution in [0.4, 0.5) is 5.82 Å². The SMILES string of the molecule is [CH2]CN1CCOc2cccnc21. The molecule has 2 heterocycles. The number of hydrogen-bond acceptors (Lipinski definition) is 3. The zero-order valence-electron chi connectivity index (χ0n) is 6.86. The van der Waals surface area contributed by atoms with E-state index >= 15 is 0 Å². The van der Waals surface area contributed by atoms with Gasteiger partial charge in [-0.3, -0.25) is 0 Å². The lowest BCUT2D eigenvalue weighted by atomic mass is 10.3. The first kappa shape index (κ1) is 7.40. The average Bonchev–Trinajstić information content (AvgIpc) is 2.17. The molecule has 0 aromatic carbocycles. The Morgan fingerprint density at radius 1 is 1.67 bits per heavy atom. The van der Waals surface area contributed by atoms with Gasteiger partial charge in [0.2, 0.25) is 0 Å². The molecule has 1 aliphatic rings. The number of nitrogens with zero attached hydrogens (tertiary/aromatic N) is 2. The Hall–Kier alpha value is -1.25. The Bertz CT molecular complexity index is 275. The van der Waals surface area contributed by atoms with Crippen LogP contribution < -0.4 is 9.64 Å². The van der Waals surface area contributed by atoms with Crippen LogP contribution in [-0.4, -0.2) is 24.7 Å². The van der Waals surface area contributed by atoms with Crippen molar-refractivity contribution < 1.29 is 4.74 Å². The van der Waals surface area contributed by atoms with Crippen molar-refractivity contribution in [1.29, 1.82) is 0 Å². The van der Waals surface area contributed by atoms with Crippen molar-refractivity contribution in [3.63, 3.8) is 0 Å². The highest BCUT2D eigenvalue weighted by Crippen LogP contribution is 2.27. The van der Waals surface area contributed by atoms with Gasteiger partial charge in [0.05, 0.1) is 6.54 Å². The van der Waals surface area contributed by atoms with E-state index in [2.05, 4.69) is 16.8 Å². The molecule has 0 N–H and O–H groups in total. The molecule has 12 heavy (non-hydrogen) atoms. The first-order valence-electron chi connectivity index (χ1n) is 4.04. The van der Waals surface area contributed by atoms with Gasteiger partial charge in [-0.05, 0) is 19.1 Å². The minimum absolute atomic E-state index is 0.730. The third-order valence-corrected chi connectivity index (χ3v) is 1.94. The zero-order chi connectivity index (χ0) is 8.39. The summed E-state index contributed by atoms with van der Waals surface area (Å²) in [7, 11) is 0. The fourth-order valence-corrected chi connectivity index (χ4v) is 1.32. The second kappa shape index (κ2) is 3.01. The van der Waals surface area contributed by atoms with Crippen LogP contribution >= 0.6 is 0 Å². The Balaban J connectivity index is 2.37. The highest BCUT2D eigenvalue weighted by molar-refractivity contribution is 5.53. The van der Waals surface area contributed by atoms with Crippen molar-refractivity contribution in [2.45, 2.75) is 0 Å². The molecule has 0 bridgehead atoms. The summed E-state index contributed by atoms with van der Waals surface area (Å²) >= 11 is 0. The lowest BCUT2D eigenvalue weighted by Gasteiger charge is -2.28. The monoisotopic (exact) mass is 163 g/mol. The minimum atomic E-state index is 0.730. The predicted molar refractivity (Wildman–Crippen MR) is 47.3 cm³/mol. The maximum absolute atomic E-state index is 5.42. The van der Waals surface area contributed by atoms with Gasteiger partial charge < -0.3 is 9.64 Å². The molecule has 0 amide bonds. The highest BCUT2D eigenvalue weighted by Gasteiger charge is 2.16. The molecule has 0 spiro atoms. The summed E-state index contributed by atoms with van der Waals surface area (Å²) in [5.41, 5.74) is 0. The van der Waals surface area contributed by atoms with E-state index in [9.17, 15) is 0 Å². The normalized spacial score (nSPS) is 15.2.